The second-order valence-electron chi connectivity index (χ2n) is 9.76. The van der Waals surface area contributed by atoms with Crippen LogP contribution in [0, 0.1) is 5.82 Å². The van der Waals surface area contributed by atoms with Crippen molar-refractivity contribution in [3.63, 3.8) is 0 Å². The highest BCUT2D eigenvalue weighted by Gasteiger charge is 2.73. The second kappa shape index (κ2) is 9.34. The Morgan fingerprint density at radius 3 is 2.13 bits per heavy atom. The van der Waals surface area contributed by atoms with Crippen molar-refractivity contribution >= 4 is 9.84 Å². The Labute approximate surface area is 217 Å². The number of aryl methyl sites for hydroxylation is 1. The number of halogens is 8. The van der Waals surface area contributed by atoms with Gasteiger partial charge in [-0.3, -0.25) is 4.90 Å². The van der Waals surface area contributed by atoms with Gasteiger partial charge in [-0.1, -0.05) is 18.2 Å². The van der Waals surface area contributed by atoms with Gasteiger partial charge in [0.15, 0.2) is 9.84 Å². The predicted octanol–water partition coefficient (Wildman–Crippen LogP) is 3.25. The van der Waals surface area contributed by atoms with Crippen molar-refractivity contribution in [1.82, 2.24) is 26.8 Å². The lowest BCUT2D eigenvalue weighted by Gasteiger charge is -2.43. The molecule has 1 aliphatic carbocycles. The zero-order chi connectivity index (χ0) is 28.4. The minimum absolute atomic E-state index is 0.00427. The molecule has 7 nitrogen and oxygen atoms in total. The third kappa shape index (κ3) is 4.23. The number of hydrogen-bond donors (Lipinski definition) is 4. The minimum Gasteiger partial charge on any atom is -0.295 e. The number of hydrazine groups is 3. The van der Waals surface area contributed by atoms with E-state index >= 15 is 0 Å². The summed E-state index contributed by atoms with van der Waals surface area (Å²) in [5.74, 6) is -0.693. The molecule has 2 fully saturated rings. The number of sulfone groups is 1. The first-order chi connectivity index (χ1) is 18.1. The molecule has 3 aliphatic rings. The maximum absolute atomic E-state index is 14.9. The summed E-state index contributed by atoms with van der Waals surface area (Å²) in [6.45, 7) is 0.513. The molecule has 0 radical (unpaired) electrons. The molecule has 0 spiro atoms. The molecule has 214 valence electrons. The maximum Gasteiger partial charge on any atom is 0.435 e. The van der Waals surface area contributed by atoms with E-state index < -0.39 is 50.0 Å². The summed E-state index contributed by atoms with van der Waals surface area (Å²) >= 11 is 0. The van der Waals surface area contributed by atoms with Crippen LogP contribution in [0.4, 0.5) is 35.1 Å². The second-order valence-corrected chi connectivity index (χ2v) is 12.0. The normalized spacial score (nSPS) is 25.1. The summed E-state index contributed by atoms with van der Waals surface area (Å²) in [6, 6.07) is 5.01. The van der Waals surface area contributed by atoms with Gasteiger partial charge in [0.05, 0.1) is 11.1 Å². The van der Waals surface area contributed by atoms with Crippen molar-refractivity contribution in [2.45, 2.75) is 59.1 Å². The molecule has 2 saturated heterocycles. The van der Waals surface area contributed by atoms with E-state index in [1.165, 1.54) is 0 Å². The quantitative estimate of drug-likeness (QED) is 0.317. The monoisotopic (exact) mass is 585 g/mol. The Morgan fingerprint density at radius 2 is 1.54 bits per heavy atom. The first-order valence-electron chi connectivity index (χ1n) is 11.8. The van der Waals surface area contributed by atoms with Gasteiger partial charge in [0.25, 0.3) is 0 Å². The summed E-state index contributed by atoms with van der Waals surface area (Å²) in [5.41, 5.74) is 3.61. The fourth-order valence-corrected chi connectivity index (χ4v) is 8.36. The van der Waals surface area contributed by atoms with Crippen molar-refractivity contribution in [2.75, 3.05) is 13.1 Å². The molecule has 2 atom stereocenters. The van der Waals surface area contributed by atoms with Gasteiger partial charge in [0, 0.05) is 24.7 Å². The van der Waals surface area contributed by atoms with E-state index in [2.05, 4.69) is 21.9 Å². The van der Waals surface area contributed by atoms with Crippen LogP contribution in [-0.2, 0) is 26.7 Å². The topological polar surface area (TPSA) is 85.5 Å². The van der Waals surface area contributed by atoms with Gasteiger partial charge in [-0.05, 0) is 54.7 Å². The lowest BCUT2D eigenvalue weighted by atomic mass is 9.76. The first-order valence-corrected chi connectivity index (χ1v) is 13.3. The van der Waals surface area contributed by atoms with Crippen molar-refractivity contribution in [3.8, 4) is 0 Å². The number of benzene rings is 2. The van der Waals surface area contributed by atoms with Gasteiger partial charge in [0.2, 0.25) is 0 Å². The largest absolute Gasteiger partial charge is 0.435 e. The van der Waals surface area contributed by atoms with Crippen LogP contribution in [0.15, 0.2) is 47.4 Å². The molecule has 0 unspecified atom stereocenters. The Balaban J connectivity index is 1.66. The number of rotatable bonds is 5. The maximum atomic E-state index is 14.9. The molecule has 5 rings (SSSR count). The summed E-state index contributed by atoms with van der Waals surface area (Å²) in [6.07, 6.45) is -13.0. The van der Waals surface area contributed by atoms with Crippen LogP contribution in [0.5, 0.6) is 0 Å². The van der Waals surface area contributed by atoms with Crippen molar-refractivity contribution < 1.29 is 43.5 Å². The zero-order valence-corrected chi connectivity index (χ0v) is 20.7. The Morgan fingerprint density at radius 1 is 0.923 bits per heavy atom. The van der Waals surface area contributed by atoms with Crippen LogP contribution in [0.3, 0.4) is 0 Å². The van der Waals surface area contributed by atoms with Crippen LogP contribution in [-0.4, -0.2) is 51.0 Å². The molecule has 2 aromatic carbocycles. The molecule has 0 amide bonds. The fraction of sp³-hybridized carbons (Fsp3) is 0.478. The highest BCUT2D eigenvalue weighted by atomic mass is 32.2. The van der Waals surface area contributed by atoms with E-state index in [0.717, 1.165) is 30.3 Å². The van der Waals surface area contributed by atoms with Gasteiger partial charge < -0.3 is 0 Å². The highest BCUT2D eigenvalue weighted by Crippen LogP contribution is 2.56. The molecule has 2 aliphatic heterocycles. The summed E-state index contributed by atoms with van der Waals surface area (Å²) < 4.78 is 136. The number of hydrogen-bond acceptors (Lipinski definition) is 7. The number of nitrogens with zero attached hydrogens (tertiary/aromatic N) is 1. The molecule has 0 saturated carbocycles. The smallest absolute Gasteiger partial charge is 0.295 e. The molecular weight excluding hydrogens is 562 g/mol. The van der Waals surface area contributed by atoms with Crippen LogP contribution < -0.4 is 21.9 Å². The lowest BCUT2D eigenvalue weighted by molar-refractivity contribution is -0.348. The van der Waals surface area contributed by atoms with Gasteiger partial charge in [-0.15, -0.1) is 0 Å². The predicted molar refractivity (Wildman–Crippen MR) is 121 cm³/mol. The highest BCUT2D eigenvalue weighted by molar-refractivity contribution is 7.92. The number of likely N-dealkylation sites (tertiary alicyclic amines) is 1. The van der Waals surface area contributed by atoms with Crippen molar-refractivity contribution in [2.24, 2.45) is 0 Å². The van der Waals surface area contributed by atoms with E-state index in [-0.39, 0.29) is 54.5 Å². The van der Waals surface area contributed by atoms with Crippen LogP contribution in [0.25, 0.3) is 0 Å². The molecular formula is C23H23F8N5O2S. The standard InChI is InChI=1S/C23H23F8N5O2S/c24-15-3-5-16(6-4-15)39(37,38)20-9-10-36(12-19-32-34-35-33-19)18(20)8-1-13-11-14(2-7-17(13)20)21(25,22(26,27)28)23(29,30)31/h2-7,11,18-19,32-35H,1,8-10,12H2/t18-,20-/m1/s1. The number of fused-ring (bicyclic) bond motifs is 3. The Bertz CT molecular complexity index is 1330. The molecule has 0 bridgehead atoms. The van der Waals surface area contributed by atoms with Crippen LogP contribution >= 0.6 is 0 Å². The SMILES string of the molecule is O=S(=O)(c1ccc(F)cc1)[C@@]12CCN(CC3NNNN3)[C@@H]1CCc1cc(C(F)(C(F)(F)F)C(F)(F)F)ccc12. The number of alkyl halides is 7. The fourth-order valence-electron chi connectivity index (χ4n) is 5.97. The van der Waals surface area contributed by atoms with Crippen LogP contribution in [0.2, 0.25) is 0 Å². The molecule has 2 heterocycles. The lowest BCUT2D eigenvalue weighted by Crippen LogP contribution is -2.54. The third-order valence-corrected chi connectivity index (χ3v) is 10.3. The van der Waals surface area contributed by atoms with Crippen LogP contribution in [0.1, 0.15) is 29.5 Å². The molecule has 0 aromatic heterocycles. The summed E-state index contributed by atoms with van der Waals surface area (Å²) in [7, 11) is -4.38. The van der Waals surface area contributed by atoms with E-state index in [9.17, 15) is 43.5 Å². The molecule has 4 N–H and O–H groups in total. The molecule has 2 aromatic rings. The number of nitrogens with one attached hydrogen (secondary N) is 4. The minimum atomic E-state index is -6.30. The average molecular weight is 586 g/mol. The Hall–Kier alpha value is -2.37. The van der Waals surface area contributed by atoms with Gasteiger partial charge >= 0.3 is 18.0 Å². The van der Waals surface area contributed by atoms with E-state index in [0.29, 0.717) is 12.1 Å². The molecule has 16 heteroatoms. The van der Waals surface area contributed by atoms with Gasteiger partial charge in [-0.25, -0.2) is 28.1 Å². The molecule has 39 heavy (non-hydrogen) atoms. The van der Waals surface area contributed by atoms with Crippen molar-refractivity contribution in [1.29, 1.82) is 0 Å². The third-order valence-electron chi connectivity index (χ3n) is 7.75. The Kier molecular flexibility index (Phi) is 6.75. The van der Waals surface area contributed by atoms with Gasteiger partial charge in [-0.2, -0.15) is 37.4 Å². The van der Waals surface area contributed by atoms with Gasteiger partial charge in [0.1, 0.15) is 10.6 Å². The summed E-state index contributed by atoms with van der Waals surface area (Å²) in [5, 5.41) is 0. The zero-order valence-electron chi connectivity index (χ0n) is 19.9. The summed E-state index contributed by atoms with van der Waals surface area (Å²) in [4.78, 5) is 1.61. The van der Waals surface area contributed by atoms with E-state index in [1.807, 2.05) is 4.90 Å². The first kappa shape index (κ1) is 28.2. The van der Waals surface area contributed by atoms with E-state index in [1.54, 1.807) is 0 Å². The van der Waals surface area contributed by atoms with E-state index in [4.69, 9.17) is 0 Å². The van der Waals surface area contributed by atoms with Crippen molar-refractivity contribution in [3.05, 3.63) is 65.0 Å². The average Bonchev–Trinajstić information content (AvgIpc) is 3.51.